The van der Waals surface area contributed by atoms with Crippen LogP contribution in [0.3, 0.4) is 0 Å². The van der Waals surface area contributed by atoms with Crippen molar-refractivity contribution >= 4 is 29.3 Å². The summed E-state index contributed by atoms with van der Waals surface area (Å²) < 4.78 is 16.3. The fourth-order valence-corrected chi connectivity index (χ4v) is 4.06. The Morgan fingerprint density at radius 3 is 2.55 bits per heavy atom. The van der Waals surface area contributed by atoms with Crippen LogP contribution < -0.4 is 11.1 Å². The van der Waals surface area contributed by atoms with Gasteiger partial charge in [-0.3, -0.25) is 4.57 Å². The van der Waals surface area contributed by atoms with Gasteiger partial charge >= 0.3 is 0 Å². The van der Waals surface area contributed by atoms with Crippen LogP contribution in [0, 0.1) is 5.82 Å². The lowest BCUT2D eigenvalue weighted by molar-refractivity contribution is 0.622. The summed E-state index contributed by atoms with van der Waals surface area (Å²) in [5.74, 6) is 1.71. The number of halogens is 1. The number of anilines is 3. The predicted molar refractivity (Wildman–Crippen MR) is 117 cm³/mol. The van der Waals surface area contributed by atoms with Crippen molar-refractivity contribution in [3.8, 4) is 11.4 Å². The molecule has 0 aliphatic heterocycles. The molecule has 2 heterocycles. The molecule has 10 heteroatoms. The third-order valence-electron chi connectivity index (χ3n) is 4.75. The first-order valence-corrected chi connectivity index (χ1v) is 10.8. The van der Waals surface area contributed by atoms with Gasteiger partial charge in [-0.1, -0.05) is 42.1 Å². The number of nitrogens with two attached hydrogens (primary N) is 1. The van der Waals surface area contributed by atoms with Crippen molar-refractivity contribution in [1.82, 2.24) is 29.7 Å². The molecule has 0 amide bonds. The monoisotopic (exact) mass is 434 g/mol. The molecule has 8 nitrogen and oxygen atoms in total. The van der Waals surface area contributed by atoms with Crippen LogP contribution in [-0.2, 0) is 5.75 Å². The maximum atomic E-state index is 14.3. The molecule has 31 heavy (non-hydrogen) atoms. The van der Waals surface area contributed by atoms with E-state index in [1.807, 2.05) is 34.9 Å². The van der Waals surface area contributed by atoms with Crippen LogP contribution >= 0.6 is 11.8 Å². The quantitative estimate of drug-likeness (QED) is 0.416. The molecule has 0 unspecified atom stereocenters. The zero-order valence-electron chi connectivity index (χ0n) is 16.4. The Kier molecular flexibility index (Phi) is 5.21. The Morgan fingerprint density at radius 2 is 1.77 bits per heavy atom. The molecule has 0 atom stereocenters. The van der Waals surface area contributed by atoms with E-state index in [2.05, 4.69) is 30.5 Å². The Balaban J connectivity index is 1.38. The summed E-state index contributed by atoms with van der Waals surface area (Å²) in [5, 5.41) is 12.4. The van der Waals surface area contributed by atoms with Gasteiger partial charge in [0.15, 0.2) is 11.0 Å². The Bertz CT molecular complexity index is 1210. The van der Waals surface area contributed by atoms with Crippen molar-refractivity contribution in [3.05, 3.63) is 66.2 Å². The number of hydrogen-bond donors (Lipinski definition) is 2. The van der Waals surface area contributed by atoms with Gasteiger partial charge in [-0.2, -0.15) is 15.0 Å². The highest BCUT2D eigenvalue weighted by atomic mass is 32.2. The van der Waals surface area contributed by atoms with Gasteiger partial charge in [0.05, 0.1) is 11.3 Å². The molecular formula is C21H19FN8S. The third kappa shape index (κ3) is 4.33. The molecule has 2 aromatic heterocycles. The number of para-hydroxylation sites is 1. The van der Waals surface area contributed by atoms with Gasteiger partial charge in [0.25, 0.3) is 0 Å². The van der Waals surface area contributed by atoms with E-state index in [0.717, 1.165) is 18.5 Å². The topological polar surface area (TPSA) is 107 Å². The SMILES string of the molecule is Nc1nc(CSc2nnc(-c3ccccc3F)n2C2CC2)nc(Nc2ccccc2)n1. The summed E-state index contributed by atoms with van der Waals surface area (Å²) in [6, 6.07) is 16.5. The van der Waals surface area contributed by atoms with Crippen LogP contribution in [0.15, 0.2) is 59.8 Å². The van der Waals surface area contributed by atoms with Gasteiger partial charge in [0.1, 0.15) is 11.6 Å². The van der Waals surface area contributed by atoms with E-state index < -0.39 is 0 Å². The average molecular weight is 435 g/mol. The molecule has 5 rings (SSSR count). The lowest BCUT2D eigenvalue weighted by atomic mass is 10.2. The average Bonchev–Trinajstić information content (AvgIpc) is 3.52. The third-order valence-corrected chi connectivity index (χ3v) is 5.69. The number of aromatic nitrogens is 6. The molecule has 1 aliphatic carbocycles. The second-order valence-corrected chi connectivity index (χ2v) is 8.04. The van der Waals surface area contributed by atoms with Gasteiger partial charge in [0.2, 0.25) is 11.9 Å². The van der Waals surface area contributed by atoms with Gasteiger partial charge in [-0.25, -0.2) is 4.39 Å². The second-order valence-electron chi connectivity index (χ2n) is 7.10. The minimum absolute atomic E-state index is 0.139. The van der Waals surface area contributed by atoms with E-state index in [1.165, 1.54) is 17.8 Å². The summed E-state index contributed by atoms with van der Waals surface area (Å²) in [7, 11) is 0. The number of nitrogen functional groups attached to an aromatic ring is 1. The van der Waals surface area contributed by atoms with Crippen molar-refractivity contribution < 1.29 is 4.39 Å². The van der Waals surface area contributed by atoms with Crippen molar-refractivity contribution in [3.63, 3.8) is 0 Å². The minimum Gasteiger partial charge on any atom is -0.368 e. The summed E-state index contributed by atoms with van der Waals surface area (Å²) >= 11 is 1.44. The Labute approximate surface area is 182 Å². The molecule has 2 aromatic carbocycles. The summed E-state index contributed by atoms with van der Waals surface area (Å²) in [6.07, 6.45) is 2.05. The molecule has 1 saturated carbocycles. The summed E-state index contributed by atoms with van der Waals surface area (Å²) in [5.41, 5.74) is 7.19. The van der Waals surface area contributed by atoms with Crippen LogP contribution in [0.5, 0.6) is 0 Å². The van der Waals surface area contributed by atoms with Crippen LogP contribution in [0.4, 0.5) is 22.0 Å². The van der Waals surface area contributed by atoms with Crippen LogP contribution in [0.2, 0.25) is 0 Å². The van der Waals surface area contributed by atoms with Gasteiger partial charge < -0.3 is 11.1 Å². The number of nitrogens with one attached hydrogen (secondary N) is 1. The molecular weight excluding hydrogens is 415 g/mol. The summed E-state index contributed by atoms with van der Waals surface area (Å²) in [4.78, 5) is 12.9. The highest BCUT2D eigenvalue weighted by molar-refractivity contribution is 7.98. The Morgan fingerprint density at radius 1 is 1.00 bits per heavy atom. The number of hydrogen-bond acceptors (Lipinski definition) is 8. The molecule has 156 valence electrons. The minimum atomic E-state index is -0.310. The molecule has 1 fully saturated rings. The number of thioether (sulfide) groups is 1. The highest BCUT2D eigenvalue weighted by Crippen LogP contribution is 2.41. The van der Waals surface area contributed by atoms with E-state index >= 15 is 0 Å². The molecule has 0 spiro atoms. The number of benzene rings is 2. The molecule has 3 N–H and O–H groups in total. The summed E-state index contributed by atoms with van der Waals surface area (Å²) in [6.45, 7) is 0. The van der Waals surface area contributed by atoms with Crippen LogP contribution in [0.25, 0.3) is 11.4 Å². The predicted octanol–water partition coefficient (Wildman–Crippen LogP) is 4.22. The molecule has 0 bridgehead atoms. The fraction of sp³-hybridized carbons (Fsp3) is 0.190. The van der Waals surface area contributed by atoms with Crippen molar-refractivity contribution in [2.45, 2.75) is 29.8 Å². The zero-order valence-corrected chi connectivity index (χ0v) is 17.3. The maximum absolute atomic E-state index is 14.3. The lowest BCUT2D eigenvalue weighted by Gasteiger charge is -2.10. The molecule has 1 aliphatic rings. The largest absolute Gasteiger partial charge is 0.368 e. The lowest BCUT2D eigenvalue weighted by Crippen LogP contribution is -2.07. The van der Waals surface area contributed by atoms with E-state index in [9.17, 15) is 4.39 Å². The fourth-order valence-electron chi connectivity index (χ4n) is 3.20. The van der Waals surface area contributed by atoms with E-state index in [0.29, 0.717) is 34.1 Å². The van der Waals surface area contributed by atoms with Crippen molar-refractivity contribution in [1.29, 1.82) is 0 Å². The molecule has 4 aromatic rings. The Hall–Kier alpha value is -3.53. The normalized spacial score (nSPS) is 13.3. The number of rotatable bonds is 7. The van der Waals surface area contributed by atoms with Gasteiger partial charge in [-0.05, 0) is 37.1 Å². The highest BCUT2D eigenvalue weighted by Gasteiger charge is 2.31. The van der Waals surface area contributed by atoms with E-state index in [-0.39, 0.29) is 17.8 Å². The van der Waals surface area contributed by atoms with Gasteiger partial charge in [0, 0.05) is 11.7 Å². The van der Waals surface area contributed by atoms with E-state index in [1.54, 1.807) is 18.2 Å². The number of nitrogens with zero attached hydrogens (tertiary/aromatic N) is 6. The first kappa shape index (κ1) is 19.4. The van der Waals surface area contributed by atoms with Crippen LogP contribution in [-0.4, -0.2) is 29.7 Å². The van der Waals surface area contributed by atoms with Crippen molar-refractivity contribution in [2.24, 2.45) is 0 Å². The second kappa shape index (κ2) is 8.31. The van der Waals surface area contributed by atoms with Crippen molar-refractivity contribution in [2.75, 3.05) is 11.1 Å². The van der Waals surface area contributed by atoms with Crippen LogP contribution in [0.1, 0.15) is 24.7 Å². The first-order chi connectivity index (χ1) is 15.2. The molecule has 0 radical (unpaired) electrons. The van der Waals surface area contributed by atoms with E-state index in [4.69, 9.17) is 5.73 Å². The molecule has 0 saturated heterocycles. The zero-order chi connectivity index (χ0) is 21.2. The standard InChI is InChI=1S/C21H19FN8S/c22-16-9-5-4-8-15(16)18-28-29-21(30(18)14-10-11-14)31-12-17-25-19(23)27-20(26-17)24-13-6-2-1-3-7-13/h1-9,14H,10-12H2,(H3,23,24,25,26,27). The first-order valence-electron chi connectivity index (χ1n) is 9.82. The smallest absolute Gasteiger partial charge is 0.232 e. The maximum Gasteiger partial charge on any atom is 0.232 e. The van der Waals surface area contributed by atoms with Gasteiger partial charge in [-0.15, -0.1) is 10.2 Å².